The Bertz CT molecular complexity index is 84.4. The molecular formula is C5H10N2O. The Morgan fingerprint density at radius 1 is 1.38 bits per heavy atom. The molecule has 0 aromatic heterocycles. The quantitative estimate of drug-likeness (QED) is 0.419. The SMILES string of the molecule is C1COC2NCC2N1. The summed E-state index contributed by atoms with van der Waals surface area (Å²) in [6.45, 7) is 2.95. The fraction of sp³-hybridized carbons (Fsp3) is 1.00. The number of hydrogen-bond acceptors (Lipinski definition) is 3. The topological polar surface area (TPSA) is 33.3 Å². The summed E-state index contributed by atoms with van der Waals surface area (Å²) < 4.78 is 5.30. The minimum atomic E-state index is 0.323. The highest BCUT2D eigenvalue weighted by Crippen LogP contribution is 2.08. The van der Waals surface area contributed by atoms with Gasteiger partial charge in [0.1, 0.15) is 6.23 Å². The van der Waals surface area contributed by atoms with E-state index in [1.165, 1.54) is 0 Å². The van der Waals surface area contributed by atoms with Crippen LogP contribution in [0.1, 0.15) is 0 Å². The second-order valence-electron chi connectivity index (χ2n) is 2.26. The summed E-state index contributed by atoms with van der Waals surface area (Å²) in [5.41, 5.74) is 0. The maximum atomic E-state index is 5.30. The normalized spacial score (nSPS) is 45.0. The standard InChI is InChI=1S/C5H10N2O/c1-2-8-5-4(6-1)3-7-5/h4-7H,1-3H2. The van der Waals surface area contributed by atoms with E-state index in [0.29, 0.717) is 12.3 Å². The molecule has 2 atom stereocenters. The number of fused-ring (bicyclic) bond motifs is 1. The van der Waals surface area contributed by atoms with E-state index in [-0.39, 0.29) is 0 Å². The van der Waals surface area contributed by atoms with E-state index in [9.17, 15) is 0 Å². The first-order valence-corrected chi connectivity index (χ1v) is 3.05. The van der Waals surface area contributed by atoms with Gasteiger partial charge >= 0.3 is 0 Å². The van der Waals surface area contributed by atoms with Crippen molar-refractivity contribution in [3.63, 3.8) is 0 Å². The number of ether oxygens (including phenoxy) is 1. The molecule has 2 saturated heterocycles. The zero-order valence-electron chi connectivity index (χ0n) is 4.68. The average molecular weight is 114 g/mol. The Morgan fingerprint density at radius 2 is 2.38 bits per heavy atom. The van der Waals surface area contributed by atoms with Crippen LogP contribution in [0.5, 0.6) is 0 Å². The molecule has 0 spiro atoms. The Morgan fingerprint density at radius 3 is 2.75 bits per heavy atom. The summed E-state index contributed by atoms with van der Waals surface area (Å²) in [4.78, 5) is 0. The lowest BCUT2D eigenvalue weighted by Crippen LogP contribution is -2.68. The smallest absolute Gasteiger partial charge is 0.124 e. The highest BCUT2D eigenvalue weighted by molar-refractivity contribution is 4.89. The third-order valence-corrected chi connectivity index (χ3v) is 1.71. The number of hydrogen-bond donors (Lipinski definition) is 2. The Kier molecular flexibility index (Phi) is 0.997. The zero-order valence-corrected chi connectivity index (χ0v) is 4.68. The Hall–Kier alpha value is -0.120. The Balaban J connectivity index is 1.92. The molecule has 2 unspecified atom stereocenters. The summed E-state index contributed by atoms with van der Waals surface area (Å²) >= 11 is 0. The minimum Gasteiger partial charge on any atom is -0.360 e. The van der Waals surface area contributed by atoms with Gasteiger partial charge in [0, 0.05) is 13.1 Å². The lowest BCUT2D eigenvalue weighted by molar-refractivity contribution is -0.0683. The molecule has 2 N–H and O–H groups in total. The third-order valence-electron chi connectivity index (χ3n) is 1.71. The largest absolute Gasteiger partial charge is 0.360 e. The van der Waals surface area contributed by atoms with Gasteiger partial charge in [0.2, 0.25) is 0 Å². The van der Waals surface area contributed by atoms with Gasteiger partial charge in [0.25, 0.3) is 0 Å². The molecule has 2 fully saturated rings. The summed E-state index contributed by atoms with van der Waals surface area (Å²) in [5.74, 6) is 0. The summed E-state index contributed by atoms with van der Waals surface area (Å²) in [6, 6.07) is 0.601. The van der Waals surface area contributed by atoms with Crippen molar-refractivity contribution in [2.45, 2.75) is 12.3 Å². The predicted molar refractivity (Wildman–Crippen MR) is 29.5 cm³/mol. The Labute approximate surface area is 48.4 Å². The fourth-order valence-corrected chi connectivity index (χ4v) is 1.12. The number of morpholine rings is 1. The predicted octanol–water partition coefficient (Wildman–Crippen LogP) is -1.10. The van der Waals surface area contributed by atoms with Crippen LogP contribution in [0.25, 0.3) is 0 Å². The summed E-state index contributed by atoms with van der Waals surface area (Å²) in [5, 5.41) is 6.49. The molecule has 0 aromatic carbocycles. The molecule has 46 valence electrons. The van der Waals surface area contributed by atoms with E-state index in [1.807, 2.05) is 0 Å². The monoisotopic (exact) mass is 114 g/mol. The molecule has 2 aliphatic heterocycles. The van der Waals surface area contributed by atoms with Crippen molar-refractivity contribution in [2.75, 3.05) is 19.7 Å². The van der Waals surface area contributed by atoms with Gasteiger partial charge < -0.3 is 10.1 Å². The van der Waals surface area contributed by atoms with Crippen LogP contribution in [-0.2, 0) is 4.74 Å². The van der Waals surface area contributed by atoms with Crippen molar-refractivity contribution >= 4 is 0 Å². The highest BCUT2D eigenvalue weighted by Gasteiger charge is 2.32. The van der Waals surface area contributed by atoms with E-state index in [2.05, 4.69) is 10.6 Å². The first-order chi connectivity index (χ1) is 3.97. The molecule has 0 amide bonds. The highest BCUT2D eigenvalue weighted by atomic mass is 16.5. The molecule has 0 saturated carbocycles. The zero-order chi connectivity index (χ0) is 5.40. The van der Waals surface area contributed by atoms with Crippen molar-refractivity contribution in [1.82, 2.24) is 10.6 Å². The van der Waals surface area contributed by atoms with Crippen LogP contribution in [-0.4, -0.2) is 32.0 Å². The van der Waals surface area contributed by atoms with Crippen molar-refractivity contribution in [1.29, 1.82) is 0 Å². The molecule has 0 aliphatic carbocycles. The molecule has 0 bridgehead atoms. The second kappa shape index (κ2) is 1.69. The second-order valence-corrected chi connectivity index (χ2v) is 2.26. The van der Waals surface area contributed by atoms with Crippen molar-refractivity contribution < 1.29 is 4.74 Å². The first kappa shape index (κ1) is 4.73. The molecule has 2 rings (SSSR count). The van der Waals surface area contributed by atoms with E-state index in [4.69, 9.17) is 4.74 Å². The van der Waals surface area contributed by atoms with E-state index < -0.39 is 0 Å². The maximum absolute atomic E-state index is 5.30. The van der Waals surface area contributed by atoms with E-state index in [0.717, 1.165) is 19.7 Å². The van der Waals surface area contributed by atoms with Gasteiger partial charge in [0.05, 0.1) is 12.6 Å². The number of nitrogens with one attached hydrogen (secondary N) is 2. The third kappa shape index (κ3) is 0.555. The molecule has 2 heterocycles. The lowest BCUT2D eigenvalue weighted by Gasteiger charge is -2.41. The van der Waals surface area contributed by atoms with E-state index in [1.54, 1.807) is 0 Å². The van der Waals surface area contributed by atoms with Crippen LogP contribution in [0, 0.1) is 0 Å². The number of rotatable bonds is 0. The molecule has 0 radical (unpaired) electrons. The van der Waals surface area contributed by atoms with Crippen LogP contribution in [0.3, 0.4) is 0 Å². The lowest BCUT2D eigenvalue weighted by atomic mass is 10.1. The van der Waals surface area contributed by atoms with Crippen LogP contribution >= 0.6 is 0 Å². The van der Waals surface area contributed by atoms with E-state index >= 15 is 0 Å². The fourth-order valence-electron chi connectivity index (χ4n) is 1.12. The van der Waals surface area contributed by atoms with Crippen LogP contribution in [0.4, 0.5) is 0 Å². The molecule has 3 heteroatoms. The molecule has 8 heavy (non-hydrogen) atoms. The molecular weight excluding hydrogens is 104 g/mol. The van der Waals surface area contributed by atoms with Gasteiger partial charge in [-0.05, 0) is 0 Å². The average Bonchev–Trinajstić information content (AvgIpc) is 1.72. The van der Waals surface area contributed by atoms with Gasteiger partial charge in [0.15, 0.2) is 0 Å². The van der Waals surface area contributed by atoms with Gasteiger partial charge in [-0.1, -0.05) is 0 Å². The van der Waals surface area contributed by atoms with Gasteiger partial charge in [-0.2, -0.15) is 0 Å². The first-order valence-electron chi connectivity index (χ1n) is 3.05. The van der Waals surface area contributed by atoms with Crippen molar-refractivity contribution in [3.8, 4) is 0 Å². The van der Waals surface area contributed by atoms with Crippen molar-refractivity contribution in [3.05, 3.63) is 0 Å². The summed E-state index contributed by atoms with van der Waals surface area (Å²) in [6.07, 6.45) is 0.323. The molecule has 3 nitrogen and oxygen atoms in total. The van der Waals surface area contributed by atoms with Crippen LogP contribution in [0.2, 0.25) is 0 Å². The van der Waals surface area contributed by atoms with Crippen LogP contribution in [0.15, 0.2) is 0 Å². The van der Waals surface area contributed by atoms with Gasteiger partial charge in [-0.3, -0.25) is 5.32 Å². The molecule has 2 aliphatic rings. The van der Waals surface area contributed by atoms with Gasteiger partial charge in [-0.15, -0.1) is 0 Å². The maximum Gasteiger partial charge on any atom is 0.124 e. The van der Waals surface area contributed by atoms with Gasteiger partial charge in [-0.25, -0.2) is 0 Å². The van der Waals surface area contributed by atoms with Crippen LogP contribution < -0.4 is 10.6 Å². The van der Waals surface area contributed by atoms with Crippen molar-refractivity contribution in [2.24, 2.45) is 0 Å². The summed E-state index contributed by atoms with van der Waals surface area (Å²) in [7, 11) is 0. The molecule has 0 aromatic rings. The minimum absolute atomic E-state index is 0.323.